The highest BCUT2D eigenvalue weighted by Gasteiger charge is 2.80. The molecule has 0 aromatic heterocycles. The van der Waals surface area contributed by atoms with Crippen LogP contribution in [-0.2, 0) is 4.79 Å². The molecule has 2 atom stereocenters. The van der Waals surface area contributed by atoms with Gasteiger partial charge >= 0.3 is 12.2 Å². The van der Waals surface area contributed by atoms with Crippen LogP contribution in [0, 0.1) is 16.6 Å². The third kappa shape index (κ3) is 3.05. The molecule has 2 N–H and O–H groups in total. The number of amides is 3. The van der Waals surface area contributed by atoms with E-state index in [-0.39, 0.29) is 36.7 Å². The number of alkyl halides is 3. The van der Waals surface area contributed by atoms with Gasteiger partial charge in [0.2, 0.25) is 5.91 Å². The molecule has 5 nitrogen and oxygen atoms in total. The molecule has 1 aromatic carbocycles. The molecule has 29 heavy (non-hydrogen) atoms. The summed E-state index contributed by atoms with van der Waals surface area (Å²) in [7, 11) is 0. The molecule has 158 valence electrons. The summed E-state index contributed by atoms with van der Waals surface area (Å²) in [5.74, 6) is -0.944. The van der Waals surface area contributed by atoms with Crippen LogP contribution in [0.15, 0.2) is 18.2 Å². The lowest BCUT2D eigenvalue weighted by Crippen LogP contribution is -2.72. The summed E-state index contributed by atoms with van der Waals surface area (Å²) in [5, 5.41) is 5.30. The first-order chi connectivity index (χ1) is 13.5. The minimum Gasteiger partial charge on any atom is -0.353 e. The second-order valence-electron chi connectivity index (χ2n) is 8.39. The Morgan fingerprint density at radius 1 is 1.34 bits per heavy atom. The topological polar surface area (TPSA) is 61.4 Å². The molecule has 10 heteroatoms. The van der Waals surface area contributed by atoms with Gasteiger partial charge in [-0.15, -0.1) is 0 Å². The summed E-state index contributed by atoms with van der Waals surface area (Å²) >= 11 is 5.88. The molecule has 2 bridgehead atoms. The Kier molecular flexibility index (Phi) is 4.53. The molecule has 3 amide bonds. The van der Waals surface area contributed by atoms with E-state index in [1.165, 1.54) is 17.0 Å². The maximum atomic E-state index is 13.6. The maximum absolute atomic E-state index is 13.6. The third-order valence-corrected chi connectivity index (χ3v) is 6.88. The lowest BCUT2D eigenvalue weighted by molar-refractivity contribution is -0.370. The van der Waals surface area contributed by atoms with Crippen molar-refractivity contribution in [1.29, 1.82) is 0 Å². The first kappa shape index (κ1) is 20.3. The Hall–Kier alpha value is -2.03. The van der Waals surface area contributed by atoms with Crippen molar-refractivity contribution in [3.8, 4) is 0 Å². The predicted molar refractivity (Wildman–Crippen MR) is 96.6 cm³/mol. The Labute approximate surface area is 169 Å². The van der Waals surface area contributed by atoms with Crippen LogP contribution in [0.3, 0.4) is 0 Å². The number of benzene rings is 1. The van der Waals surface area contributed by atoms with Gasteiger partial charge in [-0.25, -0.2) is 9.18 Å². The molecule has 0 radical (unpaired) electrons. The van der Waals surface area contributed by atoms with Gasteiger partial charge in [0.1, 0.15) is 11.9 Å². The van der Waals surface area contributed by atoms with Gasteiger partial charge in [-0.1, -0.05) is 17.7 Å². The van der Waals surface area contributed by atoms with Gasteiger partial charge in [0.25, 0.3) is 0 Å². The van der Waals surface area contributed by atoms with E-state index < -0.39 is 40.9 Å². The molecule has 0 unspecified atom stereocenters. The highest BCUT2D eigenvalue weighted by Crippen LogP contribution is 2.81. The average molecular weight is 434 g/mol. The zero-order valence-corrected chi connectivity index (χ0v) is 16.3. The second-order valence-corrected chi connectivity index (χ2v) is 8.79. The summed E-state index contributed by atoms with van der Waals surface area (Å²) in [6, 6.07) is 1.92. The fourth-order valence-electron chi connectivity index (χ4n) is 5.02. The largest absolute Gasteiger partial charge is 0.394 e. The van der Waals surface area contributed by atoms with E-state index in [0.29, 0.717) is 12.1 Å². The van der Waals surface area contributed by atoms with Crippen LogP contribution < -0.4 is 10.6 Å². The fraction of sp³-hybridized carbons (Fsp3) is 0.579. The molecule has 4 fully saturated rings. The van der Waals surface area contributed by atoms with Crippen molar-refractivity contribution in [2.45, 2.75) is 44.4 Å². The Morgan fingerprint density at radius 3 is 2.59 bits per heavy atom. The lowest BCUT2D eigenvalue weighted by Gasteiger charge is -2.73. The number of nitrogens with zero attached hydrogens (tertiary/aromatic N) is 1. The summed E-state index contributed by atoms with van der Waals surface area (Å²) in [6.45, 7) is 2.17. The van der Waals surface area contributed by atoms with Crippen molar-refractivity contribution in [2.75, 3.05) is 13.1 Å². The maximum Gasteiger partial charge on any atom is 0.394 e. The number of carbonyl (C=O) groups is 2. The van der Waals surface area contributed by atoms with Gasteiger partial charge in [-0.05, 0) is 49.3 Å². The van der Waals surface area contributed by atoms with E-state index in [1.807, 2.05) is 0 Å². The zero-order chi connectivity index (χ0) is 21.2. The Bertz CT molecular complexity index is 856. The number of piperazine rings is 1. The van der Waals surface area contributed by atoms with Gasteiger partial charge in [0.05, 0.1) is 16.5 Å². The van der Waals surface area contributed by atoms with Gasteiger partial charge in [0.15, 0.2) is 0 Å². The minimum atomic E-state index is -4.29. The first-order valence-electron chi connectivity index (χ1n) is 9.35. The molecule has 1 aliphatic heterocycles. The molecular weight excluding hydrogens is 414 g/mol. The molecule has 4 aliphatic rings. The number of hydrogen-bond acceptors (Lipinski definition) is 2. The van der Waals surface area contributed by atoms with Gasteiger partial charge in [-0.3, -0.25) is 4.79 Å². The fourth-order valence-corrected chi connectivity index (χ4v) is 5.21. The quantitative estimate of drug-likeness (QED) is 0.713. The van der Waals surface area contributed by atoms with Crippen LogP contribution in [0.25, 0.3) is 0 Å². The molecule has 0 spiro atoms. The van der Waals surface area contributed by atoms with Crippen molar-refractivity contribution in [2.24, 2.45) is 10.8 Å². The summed E-state index contributed by atoms with van der Waals surface area (Å²) in [6.07, 6.45) is -4.58. The second kappa shape index (κ2) is 6.48. The van der Waals surface area contributed by atoms with E-state index in [1.54, 1.807) is 6.92 Å². The molecular formula is C19H20ClF4N3O2. The molecule has 5 rings (SSSR count). The van der Waals surface area contributed by atoms with Gasteiger partial charge in [-0.2, -0.15) is 13.2 Å². The SMILES string of the molecule is C[C@@H]1C(=O)NCCN1C(=O)N[C@@H](c1ccc(F)c(Cl)c1)C12CC(C(F)(F)F)(C1)C2. The normalized spacial score (nSPS) is 32.0. The summed E-state index contributed by atoms with van der Waals surface area (Å²) < 4.78 is 53.5. The highest BCUT2D eigenvalue weighted by atomic mass is 35.5. The average Bonchev–Trinajstić information content (AvgIpc) is 2.55. The van der Waals surface area contributed by atoms with Crippen molar-refractivity contribution in [3.63, 3.8) is 0 Å². The minimum absolute atomic E-state index is 0.0977. The third-order valence-electron chi connectivity index (χ3n) is 6.59. The van der Waals surface area contributed by atoms with Crippen molar-refractivity contribution in [1.82, 2.24) is 15.5 Å². The molecule has 3 aliphatic carbocycles. The number of carbonyl (C=O) groups excluding carboxylic acids is 2. The lowest BCUT2D eigenvalue weighted by atomic mass is 9.32. The van der Waals surface area contributed by atoms with E-state index in [9.17, 15) is 27.2 Å². The van der Waals surface area contributed by atoms with E-state index >= 15 is 0 Å². The number of rotatable bonds is 3. The molecule has 1 heterocycles. The van der Waals surface area contributed by atoms with Crippen molar-refractivity contribution >= 4 is 23.5 Å². The Balaban J connectivity index is 1.59. The Morgan fingerprint density at radius 2 is 2.00 bits per heavy atom. The standard InChI is InChI=1S/C19H20ClF4N3O2/c1-10-15(28)25-4-5-27(10)16(29)26-14(11-2-3-13(21)12(20)6-11)17-7-18(8-17,9-17)19(22,23)24/h2-3,6,10,14H,4-5,7-9H2,1H3,(H,25,28)(H,26,29)/t10-,14+,17?,18?/m1/s1. The van der Waals surface area contributed by atoms with E-state index in [0.717, 1.165) is 6.07 Å². The smallest absolute Gasteiger partial charge is 0.353 e. The van der Waals surface area contributed by atoms with Crippen molar-refractivity contribution < 1.29 is 27.2 Å². The molecule has 1 saturated heterocycles. The highest BCUT2D eigenvalue weighted by molar-refractivity contribution is 6.30. The monoisotopic (exact) mass is 433 g/mol. The van der Waals surface area contributed by atoms with Gasteiger partial charge in [0, 0.05) is 13.1 Å². The summed E-state index contributed by atoms with van der Waals surface area (Å²) in [5.41, 5.74) is -2.00. The van der Waals surface area contributed by atoms with Crippen LogP contribution in [0.5, 0.6) is 0 Å². The number of halogens is 5. The predicted octanol–water partition coefficient (Wildman–Crippen LogP) is 3.78. The molecule has 1 aromatic rings. The zero-order valence-electron chi connectivity index (χ0n) is 15.6. The van der Waals surface area contributed by atoms with E-state index in [4.69, 9.17) is 11.6 Å². The van der Waals surface area contributed by atoms with Crippen LogP contribution in [0.2, 0.25) is 5.02 Å². The first-order valence-corrected chi connectivity index (χ1v) is 9.72. The van der Waals surface area contributed by atoms with Crippen LogP contribution in [-0.4, -0.2) is 42.1 Å². The number of nitrogens with one attached hydrogen (secondary N) is 2. The molecule has 3 saturated carbocycles. The van der Waals surface area contributed by atoms with Crippen molar-refractivity contribution in [3.05, 3.63) is 34.6 Å². The number of urea groups is 1. The summed E-state index contributed by atoms with van der Waals surface area (Å²) in [4.78, 5) is 26.1. The van der Waals surface area contributed by atoms with Gasteiger partial charge < -0.3 is 15.5 Å². The van der Waals surface area contributed by atoms with Crippen LogP contribution >= 0.6 is 11.6 Å². The van der Waals surface area contributed by atoms with Crippen LogP contribution in [0.4, 0.5) is 22.4 Å². The van der Waals surface area contributed by atoms with E-state index in [2.05, 4.69) is 10.6 Å². The number of hydrogen-bond donors (Lipinski definition) is 2. The van der Waals surface area contributed by atoms with Crippen LogP contribution in [0.1, 0.15) is 37.8 Å².